The first-order valence-corrected chi connectivity index (χ1v) is 6.03. The van der Waals surface area contributed by atoms with Crippen molar-refractivity contribution in [2.75, 3.05) is 7.11 Å². The van der Waals surface area contributed by atoms with E-state index in [1.165, 1.54) is 14.0 Å². The summed E-state index contributed by atoms with van der Waals surface area (Å²) in [6, 6.07) is 5.22. The van der Waals surface area contributed by atoms with Gasteiger partial charge >= 0.3 is 0 Å². The quantitative estimate of drug-likeness (QED) is 0.814. The van der Waals surface area contributed by atoms with Crippen molar-refractivity contribution in [1.82, 2.24) is 4.98 Å². The topological polar surface area (TPSA) is 82.3 Å². The Balaban J connectivity index is 3.01. The van der Waals surface area contributed by atoms with Crippen molar-refractivity contribution in [3.63, 3.8) is 0 Å². The normalized spacial score (nSPS) is 15.9. The molecular formula is C9H14N2O3S. The van der Waals surface area contributed by atoms with E-state index in [0.29, 0.717) is 5.69 Å². The summed E-state index contributed by atoms with van der Waals surface area (Å²) >= 11 is 0. The van der Waals surface area contributed by atoms with Crippen LogP contribution in [0.2, 0.25) is 0 Å². The molecule has 0 aliphatic heterocycles. The maximum absolute atomic E-state index is 11.2. The first kappa shape index (κ1) is 12.1. The zero-order valence-corrected chi connectivity index (χ0v) is 9.44. The minimum absolute atomic E-state index is 0.557. The van der Waals surface area contributed by atoms with E-state index in [1.54, 1.807) is 24.4 Å². The van der Waals surface area contributed by atoms with Crippen LogP contribution in [0, 0.1) is 0 Å². The molecule has 0 aliphatic rings. The number of hydrogen-bond donors (Lipinski definition) is 1. The Morgan fingerprint density at radius 2 is 2.13 bits per heavy atom. The van der Waals surface area contributed by atoms with Crippen molar-refractivity contribution < 1.29 is 13.2 Å². The summed E-state index contributed by atoms with van der Waals surface area (Å²) in [6.45, 7) is 1.50. The summed E-state index contributed by atoms with van der Waals surface area (Å²) in [6.07, 6.45) is 0.943. The lowest BCUT2D eigenvalue weighted by Gasteiger charge is -2.20. The van der Waals surface area contributed by atoms with Crippen molar-refractivity contribution in [2.24, 2.45) is 5.14 Å². The van der Waals surface area contributed by atoms with Gasteiger partial charge in [-0.15, -0.1) is 0 Å². The number of rotatable bonds is 4. The number of ether oxygens (including phenoxy) is 1. The standard InChI is InChI=1S/C9H14N2O3S/c1-7(15(10,12)13)9(14-2)8-5-3-4-6-11-8/h3-7,9H,1-2H3,(H2,10,12,13). The van der Waals surface area contributed by atoms with Crippen LogP contribution in [-0.4, -0.2) is 25.8 Å². The number of methoxy groups -OCH3 is 1. The zero-order valence-electron chi connectivity index (χ0n) is 8.62. The fraction of sp³-hybridized carbons (Fsp3) is 0.444. The van der Waals surface area contributed by atoms with Crippen molar-refractivity contribution in [3.8, 4) is 0 Å². The van der Waals surface area contributed by atoms with Crippen LogP contribution < -0.4 is 5.14 Å². The third kappa shape index (κ3) is 2.98. The molecule has 0 saturated carbocycles. The molecule has 6 heteroatoms. The van der Waals surface area contributed by atoms with E-state index in [0.717, 1.165) is 0 Å². The van der Waals surface area contributed by atoms with Gasteiger partial charge in [0.15, 0.2) is 0 Å². The fourth-order valence-corrected chi connectivity index (χ4v) is 1.86. The average Bonchev–Trinajstić information content (AvgIpc) is 2.19. The Morgan fingerprint density at radius 1 is 1.47 bits per heavy atom. The van der Waals surface area contributed by atoms with Crippen LogP contribution in [0.4, 0.5) is 0 Å². The molecule has 84 valence electrons. The van der Waals surface area contributed by atoms with E-state index in [1.807, 2.05) is 0 Å². The SMILES string of the molecule is COC(c1ccccn1)C(C)S(N)(=O)=O. The summed E-state index contributed by atoms with van der Waals surface area (Å²) in [4.78, 5) is 4.04. The van der Waals surface area contributed by atoms with Gasteiger partial charge < -0.3 is 4.74 Å². The molecule has 0 aromatic carbocycles. The third-order valence-corrected chi connectivity index (χ3v) is 3.46. The summed E-state index contributed by atoms with van der Waals surface area (Å²) < 4.78 is 27.5. The lowest BCUT2D eigenvalue weighted by molar-refractivity contribution is 0.0987. The van der Waals surface area contributed by atoms with Crippen LogP contribution in [0.15, 0.2) is 24.4 Å². The molecule has 2 N–H and O–H groups in total. The number of hydrogen-bond acceptors (Lipinski definition) is 4. The molecule has 1 aromatic rings. The summed E-state index contributed by atoms with van der Waals surface area (Å²) in [5, 5.41) is 4.24. The largest absolute Gasteiger partial charge is 0.374 e. The molecule has 1 aromatic heterocycles. The van der Waals surface area contributed by atoms with Crippen LogP contribution in [0.25, 0.3) is 0 Å². The average molecular weight is 230 g/mol. The summed E-state index contributed by atoms with van der Waals surface area (Å²) in [5.41, 5.74) is 0.557. The molecule has 15 heavy (non-hydrogen) atoms. The van der Waals surface area contributed by atoms with Gasteiger partial charge in [-0.2, -0.15) is 0 Å². The maximum atomic E-state index is 11.2. The monoisotopic (exact) mass is 230 g/mol. The molecule has 2 unspecified atom stereocenters. The van der Waals surface area contributed by atoms with Gasteiger partial charge in [-0.3, -0.25) is 4.98 Å². The fourth-order valence-electron chi connectivity index (χ4n) is 1.27. The van der Waals surface area contributed by atoms with Crippen molar-refractivity contribution in [1.29, 1.82) is 0 Å². The number of pyridine rings is 1. The lowest BCUT2D eigenvalue weighted by atomic mass is 10.2. The van der Waals surface area contributed by atoms with Gasteiger partial charge in [0, 0.05) is 13.3 Å². The van der Waals surface area contributed by atoms with Crippen LogP contribution >= 0.6 is 0 Å². The molecule has 1 rings (SSSR count). The summed E-state index contributed by atoms with van der Waals surface area (Å²) in [5.74, 6) is 0. The van der Waals surface area contributed by atoms with Crippen molar-refractivity contribution >= 4 is 10.0 Å². The zero-order chi connectivity index (χ0) is 11.5. The van der Waals surface area contributed by atoms with Gasteiger partial charge in [0.2, 0.25) is 10.0 Å². The number of primary sulfonamides is 1. The smallest absolute Gasteiger partial charge is 0.214 e. The molecule has 0 aliphatic carbocycles. The number of nitrogens with zero attached hydrogens (tertiary/aromatic N) is 1. The summed E-state index contributed by atoms with van der Waals surface area (Å²) in [7, 11) is -2.20. The van der Waals surface area contributed by atoms with E-state index in [-0.39, 0.29) is 0 Å². The molecule has 0 saturated heterocycles. The van der Waals surface area contributed by atoms with Gasteiger partial charge in [-0.05, 0) is 19.1 Å². The molecule has 0 spiro atoms. The maximum Gasteiger partial charge on any atom is 0.214 e. The predicted octanol–water partition coefficient (Wildman–Crippen LogP) is 0.446. The molecular weight excluding hydrogens is 216 g/mol. The lowest BCUT2D eigenvalue weighted by Crippen LogP contribution is -2.32. The highest BCUT2D eigenvalue weighted by Crippen LogP contribution is 2.21. The minimum Gasteiger partial charge on any atom is -0.374 e. The van der Waals surface area contributed by atoms with Gasteiger partial charge in [-0.25, -0.2) is 13.6 Å². The van der Waals surface area contributed by atoms with Crippen LogP contribution in [0.3, 0.4) is 0 Å². The second-order valence-corrected chi connectivity index (χ2v) is 5.13. The molecule has 0 radical (unpaired) electrons. The first-order valence-electron chi connectivity index (χ1n) is 4.42. The minimum atomic E-state index is -3.63. The Kier molecular flexibility index (Phi) is 3.78. The molecule has 0 fully saturated rings. The Labute approximate surface area is 89.3 Å². The Bertz CT molecular complexity index is 405. The van der Waals surface area contributed by atoms with E-state index < -0.39 is 21.4 Å². The van der Waals surface area contributed by atoms with Crippen molar-refractivity contribution in [2.45, 2.75) is 18.3 Å². The van der Waals surface area contributed by atoms with Crippen LogP contribution in [0.1, 0.15) is 18.7 Å². The highest BCUT2D eigenvalue weighted by molar-refractivity contribution is 7.89. The van der Waals surface area contributed by atoms with Gasteiger partial charge in [-0.1, -0.05) is 6.07 Å². The molecule has 1 heterocycles. The second-order valence-electron chi connectivity index (χ2n) is 3.21. The molecule has 5 nitrogen and oxygen atoms in total. The highest BCUT2D eigenvalue weighted by Gasteiger charge is 2.28. The number of aromatic nitrogens is 1. The van der Waals surface area contributed by atoms with E-state index in [4.69, 9.17) is 9.88 Å². The van der Waals surface area contributed by atoms with Gasteiger partial charge in [0.1, 0.15) is 11.4 Å². The first-order chi connectivity index (χ1) is 6.96. The number of nitrogens with two attached hydrogens (primary N) is 1. The Morgan fingerprint density at radius 3 is 2.53 bits per heavy atom. The second kappa shape index (κ2) is 4.69. The highest BCUT2D eigenvalue weighted by atomic mass is 32.2. The predicted molar refractivity (Wildman–Crippen MR) is 56.6 cm³/mol. The van der Waals surface area contributed by atoms with E-state index in [9.17, 15) is 8.42 Å². The van der Waals surface area contributed by atoms with Gasteiger partial charge in [0.25, 0.3) is 0 Å². The van der Waals surface area contributed by atoms with Crippen LogP contribution in [0.5, 0.6) is 0 Å². The Hall–Kier alpha value is -0.980. The molecule has 2 atom stereocenters. The third-order valence-electron chi connectivity index (χ3n) is 2.18. The van der Waals surface area contributed by atoms with Gasteiger partial charge in [0.05, 0.1) is 5.69 Å². The van der Waals surface area contributed by atoms with Crippen LogP contribution in [-0.2, 0) is 14.8 Å². The van der Waals surface area contributed by atoms with E-state index >= 15 is 0 Å². The molecule has 0 amide bonds. The van der Waals surface area contributed by atoms with Crippen molar-refractivity contribution in [3.05, 3.63) is 30.1 Å². The molecule has 0 bridgehead atoms. The van der Waals surface area contributed by atoms with E-state index in [2.05, 4.69) is 4.98 Å². The number of sulfonamides is 1.